The number of nitrogens with one attached hydrogen (secondary N) is 1. The number of esters is 1. The van der Waals surface area contributed by atoms with Gasteiger partial charge in [-0.15, -0.1) is 0 Å². The molecule has 0 aliphatic rings. The summed E-state index contributed by atoms with van der Waals surface area (Å²) in [6, 6.07) is 5.44. The van der Waals surface area contributed by atoms with Crippen LogP contribution in [0.2, 0.25) is 0 Å². The molecule has 1 aromatic carbocycles. The van der Waals surface area contributed by atoms with E-state index < -0.39 is 21.4 Å². The monoisotopic (exact) mass is 301 g/mol. The third kappa shape index (κ3) is 4.29. The lowest BCUT2D eigenvalue weighted by Crippen LogP contribution is -2.36. The number of carbonyl (C=O) groups is 1. The Morgan fingerprint density at radius 3 is 2.30 bits per heavy atom. The zero-order valence-corrected chi connectivity index (χ0v) is 12.5. The van der Waals surface area contributed by atoms with Gasteiger partial charge in [-0.1, -0.05) is 13.8 Å². The molecule has 0 radical (unpaired) electrons. The van der Waals surface area contributed by atoms with Gasteiger partial charge in [0.15, 0.2) is 0 Å². The minimum Gasteiger partial charge on any atom is -0.465 e. The summed E-state index contributed by atoms with van der Waals surface area (Å²) < 4.78 is 31.0. The third-order valence-electron chi connectivity index (χ3n) is 2.75. The van der Waals surface area contributed by atoms with Crippen LogP contribution in [0.5, 0.6) is 0 Å². The number of rotatable bonds is 6. The molecule has 0 saturated carbocycles. The molecule has 20 heavy (non-hydrogen) atoms. The van der Waals surface area contributed by atoms with Gasteiger partial charge in [0.25, 0.3) is 0 Å². The first-order valence-corrected chi connectivity index (χ1v) is 7.49. The van der Waals surface area contributed by atoms with Crippen LogP contribution >= 0.6 is 0 Å². The van der Waals surface area contributed by atoms with Gasteiger partial charge in [0.2, 0.25) is 10.0 Å². The number of aliphatic hydroxyl groups excluding tert-OH is 1. The number of benzene rings is 1. The highest BCUT2D eigenvalue weighted by molar-refractivity contribution is 7.89. The fraction of sp³-hybridized carbons (Fsp3) is 0.462. The predicted molar refractivity (Wildman–Crippen MR) is 73.8 cm³/mol. The molecule has 0 fully saturated rings. The van der Waals surface area contributed by atoms with E-state index in [1.165, 1.54) is 31.4 Å². The molecule has 7 heteroatoms. The van der Waals surface area contributed by atoms with E-state index in [0.717, 1.165) is 0 Å². The van der Waals surface area contributed by atoms with Crippen molar-refractivity contribution in [3.05, 3.63) is 29.8 Å². The first-order valence-electron chi connectivity index (χ1n) is 6.01. The average Bonchev–Trinajstić information content (AvgIpc) is 2.45. The summed E-state index contributed by atoms with van der Waals surface area (Å²) in [6.07, 6.45) is 0. The topological polar surface area (TPSA) is 92.7 Å². The molecule has 0 aromatic heterocycles. The van der Waals surface area contributed by atoms with Gasteiger partial charge in [0, 0.05) is 18.6 Å². The maximum atomic E-state index is 12.0. The summed E-state index contributed by atoms with van der Waals surface area (Å²) in [5.74, 6) is -0.525. The summed E-state index contributed by atoms with van der Waals surface area (Å²) in [7, 11) is -2.41. The van der Waals surface area contributed by atoms with E-state index in [1.807, 2.05) is 0 Å². The maximum absolute atomic E-state index is 12.0. The molecule has 0 aliphatic heterocycles. The number of ether oxygens (including phenoxy) is 1. The van der Waals surface area contributed by atoms with Gasteiger partial charge in [-0.25, -0.2) is 17.9 Å². The summed E-state index contributed by atoms with van der Waals surface area (Å²) in [5.41, 5.74) is -0.263. The minimum atomic E-state index is -3.67. The molecule has 1 aromatic rings. The molecule has 0 bridgehead atoms. The van der Waals surface area contributed by atoms with Crippen molar-refractivity contribution >= 4 is 16.0 Å². The van der Waals surface area contributed by atoms with Crippen molar-refractivity contribution in [1.82, 2.24) is 4.72 Å². The largest absolute Gasteiger partial charge is 0.465 e. The quantitative estimate of drug-likeness (QED) is 0.757. The van der Waals surface area contributed by atoms with Gasteiger partial charge < -0.3 is 9.84 Å². The summed E-state index contributed by atoms with van der Waals surface area (Å²) in [6.45, 7) is 3.48. The van der Waals surface area contributed by atoms with E-state index in [2.05, 4.69) is 9.46 Å². The van der Waals surface area contributed by atoms with E-state index in [4.69, 9.17) is 5.11 Å². The Kier molecular flexibility index (Phi) is 5.27. The number of hydrogen-bond donors (Lipinski definition) is 2. The second-order valence-electron chi connectivity index (χ2n) is 5.16. The molecule has 0 aliphatic carbocycles. The maximum Gasteiger partial charge on any atom is 0.337 e. The Hall–Kier alpha value is -1.44. The highest BCUT2D eigenvalue weighted by Gasteiger charge is 2.21. The summed E-state index contributed by atoms with van der Waals surface area (Å²) in [4.78, 5) is 11.3. The van der Waals surface area contributed by atoms with Crippen LogP contribution in [0.1, 0.15) is 24.2 Å². The molecule has 2 N–H and O–H groups in total. The van der Waals surface area contributed by atoms with Gasteiger partial charge in [0.1, 0.15) is 0 Å². The Morgan fingerprint density at radius 2 is 1.85 bits per heavy atom. The molecule has 0 unspecified atom stereocenters. The number of aliphatic hydroxyl groups is 1. The second kappa shape index (κ2) is 6.34. The molecular formula is C13H19NO5S. The van der Waals surface area contributed by atoms with Crippen molar-refractivity contribution < 1.29 is 23.1 Å². The molecule has 112 valence electrons. The van der Waals surface area contributed by atoms with Crippen molar-refractivity contribution in [1.29, 1.82) is 0 Å². The lowest BCUT2D eigenvalue weighted by molar-refractivity contribution is 0.0600. The van der Waals surface area contributed by atoms with Crippen LogP contribution in [0.4, 0.5) is 0 Å². The molecule has 0 heterocycles. The Balaban J connectivity index is 2.86. The van der Waals surface area contributed by atoms with Crippen molar-refractivity contribution in [3.63, 3.8) is 0 Å². The van der Waals surface area contributed by atoms with Crippen LogP contribution in [0.15, 0.2) is 29.2 Å². The number of carbonyl (C=O) groups excluding carboxylic acids is 1. The van der Waals surface area contributed by atoms with Crippen LogP contribution in [0, 0.1) is 5.41 Å². The molecule has 0 amide bonds. The number of hydrogen-bond acceptors (Lipinski definition) is 5. The van der Waals surface area contributed by atoms with Gasteiger partial charge >= 0.3 is 5.97 Å². The first-order chi connectivity index (χ1) is 9.22. The normalized spacial score (nSPS) is 12.2. The predicted octanol–water partition coefficient (Wildman–Crippen LogP) is 0.770. The van der Waals surface area contributed by atoms with Crippen LogP contribution in [-0.4, -0.2) is 39.8 Å². The van der Waals surface area contributed by atoms with Crippen LogP contribution in [0.25, 0.3) is 0 Å². The van der Waals surface area contributed by atoms with E-state index in [9.17, 15) is 13.2 Å². The Labute approximate surface area is 118 Å². The summed E-state index contributed by atoms with van der Waals surface area (Å²) >= 11 is 0. The van der Waals surface area contributed by atoms with Crippen LogP contribution in [-0.2, 0) is 14.8 Å². The number of sulfonamides is 1. The molecule has 0 saturated heterocycles. The lowest BCUT2D eigenvalue weighted by atomic mass is 9.96. The van der Waals surface area contributed by atoms with E-state index >= 15 is 0 Å². The van der Waals surface area contributed by atoms with E-state index in [0.29, 0.717) is 0 Å². The van der Waals surface area contributed by atoms with Crippen LogP contribution in [0.3, 0.4) is 0 Å². The molecule has 1 rings (SSSR count). The van der Waals surface area contributed by atoms with Crippen molar-refractivity contribution in [2.45, 2.75) is 18.7 Å². The molecule has 0 atom stereocenters. The average molecular weight is 301 g/mol. The van der Waals surface area contributed by atoms with Gasteiger partial charge in [-0.3, -0.25) is 0 Å². The van der Waals surface area contributed by atoms with Gasteiger partial charge in [0.05, 0.1) is 17.6 Å². The number of methoxy groups -OCH3 is 1. The highest BCUT2D eigenvalue weighted by atomic mass is 32.2. The SMILES string of the molecule is COC(=O)c1ccc(S(=O)(=O)NCC(C)(C)CO)cc1. The Bertz CT molecular complexity index is 563. The standard InChI is InChI=1S/C13H19NO5S/c1-13(2,9-15)8-14-20(17,18)11-6-4-10(5-7-11)12(16)19-3/h4-7,14-15H,8-9H2,1-3H3. The summed E-state index contributed by atoms with van der Waals surface area (Å²) in [5, 5.41) is 9.10. The Morgan fingerprint density at radius 1 is 1.30 bits per heavy atom. The lowest BCUT2D eigenvalue weighted by Gasteiger charge is -2.21. The van der Waals surface area contributed by atoms with Crippen molar-refractivity contribution in [2.24, 2.45) is 5.41 Å². The van der Waals surface area contributed by atoms with E-state index in [-0.39, 0.29) is 23.6 Å². The van der Waals surface area contributed by atoms with Gasteiger partial charge in [-0.05, 0) is 24.3 Å². The third-order valence-corrected chi connectivity index (χ3v) is 4.17. The molecular weight excluding hydrogens is 282 g/mol. The minimum absolute atomic E-state index is 0.0545. The van der Waals surface area contributed by atoms with Crippen molar-refractivity contribution in [2.75, 3.05) is 20.3 Å². The van der Waals surface area contributed by atoms with Crippen LogP contribution < -0.4 is 4.72 Å². The zero-order chi connectivity index (χ0) is 15.4. The van der Waals surface area contributed by atoms with E-state index in [1.54, 1.807) is 13.8 Å². The molecule has 6 nitrogen and oxygen atoms in total. The fourth-order valence-corrected chi connectivity index (χ4v) is 2.56. The fourth-order valence-electron chi connectivity index (χ4n) is 1.32. The van der Waals surface area contributed by atoms with Gasteiger partial charge in [-0.2, -0.15) is 0 Å². The second-order valence-corrected chi connectivity index (χ2v) is 6.93. The highest BCUT2D eigenvalue weighted by Crippen LogP contribution is 2.15. The first kappa shape index (κ1) is 16.6. The van der Waals surface area contributed by atoms with Crippen molar-refractivity contribution in [3.8, 4) is 0 Å². The smallest absolute Gasteiger partial charge is 0.337 e. The zero-order valence-electron chi connectivity index (χ0n) is 11.7. The molecule has 0 spiro atoms.